The van der Waals surface area contributed by atoms with Crippen LogP contribution in [-0.2, 0) is 6.61 Å². The summed E-state index contributed by atoms with van der Waals surface area (Å²) in [6, 6.07) is 10.2. The summed E-state index contributed by atoms with van der Waals surface area (Å²) in [5.41, 5.74) is 6.97. The average molecular weight is 256 g/mol. The van der Waals surface area contributed by atoms with Gasteiger partial charge in [-0.3, -0.25) is 0 Å². The van der Waals surface area contributed by atoms with E-state index in [9.17, 15) is 5.11 Å². The highest BCUT2D eigenvalue weighted by Crippen LogP contribution is 2.24. The van der Waals surface area contributed by atoms with E-state index in [0.29, 0.717) is 22.9 Å². The van der Waals surface area contributed by atoms with Crippen molar-refractivity contribution in [3.05, 3.63) is 48.4 Å². The quantitative estimate of drug-likeness (QED) is 0.743. The fourth-order valence-corrected chi connectivity index (χ4v) is 1.73. The normalized spacial score (nSPS) is 10.7. The zero-order chi connectivity index (χ0) is 13.2. The predicted molar refractivity (Wildman–Crippen MR) is 69.8 cm³/mol. The Labute approximate surface area is 109 Å². The van der Waals surface area contributed by atoms with Gasteiger partial charge >= 0.3 is 0 Å². The highest BCUT2D eigenvalue weighted by Gasteiger charge is 2.06. The second kappa shape index (κ2) is 4.49. The van der Waals surface area contributed by atoms with Crippen LogP contribution in [0.1, 0.15) is 5.82 Å². The molecule has 1 aromatic carbocycles. The van der Waals surface area contributed by atoms with Crippen LogP contribution in [0.2, 0.25) is 0 Å². The van der Waals surface area contributed by atoms with Crippen molar-refractivity contribution in [2.75, 3.05) is 5.73 Å². The number of aromatic hydroxyl groups is 1. The van der Waals surface area contributed by atoms with Crippen LogP contribution in [0.5, 0.6) is 11.5 Å². The first kappa shape index (κ1) is 11.3. The number of benzene rings is 1. The van der Waals surface area contributed by atoms with Crippen LogP contribution in [0.4, 0.5) is 5.69 Å². The van der Waals surface area contributed by atoms with Gasteiger partial charge in [-0.1, -0.05) is 12.1 Å². The molecular formula is C13H12N4O2. The van der Waals surface area contributed by atoms with E-state index in [1.807, 2.05) is 0 Å². The number of fused-ring (bicyclic) bond motifs is 1. The Morgan fingerprint density at radius 1 is 1.26 bits per heavy atom. The molecule has 3 aromatic rings. The van der Waals surface area contributed by atoms with Crippen molar-refractivity contribution < 1.29 is 9.84 Å². The van der Waals surface area contributed by atoms with Crippen molar-refractivity contribution in [3.63, 3.8) is 0 Å². The van der Waals surface area contributed by atoms with Gasteiger partial charge in [0.1, 0.15) is 6.61 Å². The molecule has 0 aliphatic carbocycles. The SMILES string of the molecule is Nc1ccn2nc(COc3ccccc3O)nc2c1. The van der Waals surface area contributed by atoms with Crippen LogP contribution in [0.15, 0.2) is 42.6 Å². The summed E-state index contributed by atoms with van der Waals surface area (Å²) in [6.45, 7) is 0.180. The van der Waals surface area contributed by atoms with Crippen LogP contribution in [-0.4, -0.2) is 19.7 Å². The van der Waals surface area contributed by atoms with E-state index >= 15 is 0 Å². The molecule has 0 saturated carbocycles. The fourth-order valence-electron chi connectivity index (χ4n) is 1.73. The number of anilines is 1. The molecule has 0 saturated heterocycles. The van der Waals surface area contributed by atoms with E-state index in [4.69, 9.17) is 10.5 Å². The van der Waals surface area contributed by atoms with Crippen molar-refractivity contribution in [2.24, 2.45) is 0 Å². The third-order valence-electron chi connectivity index (χ3n) is 2.63. The zero-order valence-corrected chi connectivity index (χ0v) is 10.0. The minimum atomic E-state index is 0.0931. The Kier molecular flexibility index (Phi) is 2.68. The molecular weight excluding hydrogens is 244 g/mol. The number of hydrogen-bond donors (Lipinski definition) is 2. The molecule has 3 N–H and O–H groups in total. The van der Waals surface area contributed by atoms with Crippen LogP contribution in [0, 0.1) is 0 Å². The minimum absolute atomic E-state index is 0.0931. The van der Waals surface area contributed by atoms with Crippen molar-refractivity contribution in [1.82, 2.24) is 14.6 Å². The van der Waals surface area contributed by atoms with E-state index in [-0.39, 0.29) is 12.4 Å². The van der Waals surface area contributed by atoms with Gasteiger partial charge in [0.15, 0.2) is 23.0 Å². The maximum Gasteiger partial charge on any atom is 0.189 e. The predicted octanol–water partition coefficient (Wildman–Crippen LogP) is 1.60. The first-order valence-electron chi connectivity index (χ1n) is 5.74. The molecule has 0 amide bonds. The first-order chi connectivity index (χ1) is 9.22. The summed E-state index contributed by atoms with van der Waals surface area (Å²) >= 11 is 0. The molecule has 0 unspecified atom stereocenters. The molecule has 0 aliphatic heterocycles. The third-order valence-corrected chi connectivity index (χ3v) is 2.63. The lowest BCUT2D eigenvalue weighted by molar-refractivity contribution is 0.280. The molecule has 2 aromatic heterocycles. The summed E-state index contributed by atoms with van der Waals surface area (Å²) in [4.78, 5) is 4.28. The van der Waals surface area contributed by atoms with Crippen LogP contribution in [0.3, 0.4) is 0 Å². The van der Waals surface area contributed by atoms with E-state index in [1.54, 1.807) is 47.1 Å². The summed E-state index contributed by atoms with van der Waals surface area (Å²) in [5.74, 6) is 1.02. The summed E-state index contributed by atoms with van der Waals surface area (Å²) < 4.78 is 7.09. The Bertz CT molecular complexity index is 723. The van der Waals surface area contributed by atoms with Gasteiger partial charge in [-0.25, -0.2) is 9.50 Å². The molecule has 3 rings (SSSR count). The molecule has 0 atom stereocenters. The van der Waals surface area contributed by atoms with Crippen molar-refractivity contribution >= 4 is 11.3 Å². The second-order valence-corrected chi connectivity index (χ2v) is 4.05. The summed E-state index contributed by atoms with van der Waals surface area (Å²) in [6.07, 6.45) is 1.74. The number of nitrogens with zero attached hydrogens (tertiary/aromatic N) is 3. The smallest absolute Gasteiger partial charge is 0.189 e. The van der Waals surface area contributed by atoms with Gasteiger partial charge < -0.3 is 15.6 Å². The largest absolute Gasteiger partial charge is 0.504 e. The fraction of sp³-hybridized carbons (Fsp3) is 0.0769. The van der Waals surface area contributed by atoms with Gasteiger partial charge in [0.2, 0.25) is 0 Å². The van der Waals surface area contributed by atoms with Crippen molar-refractivity contribution in [3.8, 4) is 11.5 Å². The molecule has 2 heterocycles. The lowest BCUT2D eigenvalue weighted by Gasteiger charge is -2.04. The van der Waals surface area contributed by atoms with Crippen LogP contribution >= 0.6 is 0 Å². The van der Waals surface area contributed by atoms with E-state index in [2.05, 4.69) is 10.1 Å². The number of nitrogens with two attached hydrogens (primary N) is 1. The number of phenolic OH excluding ortho intramolecular Hbond substituents is 1. The first-order valence-corrected chi connectivity index (χ1v) is 5.74. The number of phenols is 1. The Morgan fingerprint density at radius 3 is 2.95 bits per heavy atom. The molecule has 96 valence electrons. The summed E-state index contributed by atoms with van der Waals surface area (Å²) in [5, 5.41) is 13.8. The highest BCUT2D eigenvalue weighted by atomic mass is 16.5. The Balaban J connectivity index is 1.80. The number of para-hydroxylation sites is 2. The number of rotatable bonds is 3. The molecule has 0 spiro atoms. The van der Waals surface area contributed by atoms with Gasteiger partial charge in [0.05, 0.1) is 0 Å². The maximum atomic E-state index is 9.58. The molecule has 0 fully saturated rings. The monoisotopic (exact) mass is 256 g/mol. The van der Waals surface area contributed by atoms with E-state index in [1.165, 1.54) is 0 Å². The maximum absolute atomic E-state index is 9.58. The van der Waals surface area contributed by atoms with E-state index < -0.39 is 0 Å². The van der Waals surface area contributed by atoms with Crippen molar-refractivity contribution in [1.29, 1.82) is 0 Å². The zero-order valence-electron chi connectivity index (χ0n) is 10.0. The van der Waals surface area contributed by atoms with Crippen LogP contribution < -0.4 is 10.5 Å². The molecule has 6 heteroatoms. The number of aromatic nitrogens is 3. The molecule has 0 radical (unpaired) electrons. The molecule has 6 nitrogen and oxygen atoms in total. The average Bonchev–Trinajstić information content (AvgIpc) is 2.79. The highest BCUT2D eigenvalue weighted by molar-refractivity contribution is 5.50. The van der Waals surface area contributed by atoms with Gasteiger partial charge in [-0.2, -0.15) is 0 Å². The number of nitrogen functional groups attached to an aromatic ring is 1. The second-order valence-electron chi connectivity index (χ2n) is 4.05. The van der Waals surface area contributed by atoms with Crippen molar-refractivity contribution in [2.45, 2.75) is 6.61 Å². The van der Waals surface area contributed by atoms with Crippen LogP contribution in [0.25, 0.3) is 5.65 Å². The lowest BCUT2D eigenvalue weighted by atomic mass is 10.3. The van der Waals surface area contributed by atoms with Gasteiger partial charge in [-0.15, -0.1) is 5.10 Å². The molecule has 0 aliphatic rings. The number of hydrogen-bond acceptors (Lipinski definition) is 5. The standard InChI is InChI=1S/C13H12N4O2/c14-9-5-6-17-13(7-9)15-12(16-17)8-19-11-4-2-1-3-10(11)18/h1-7,18H,8,14H2. The number of pyridine rings is 1. The number of ether oxygens (including phenoxy) is 1. The van der Waals surface area contributed by atoms with Gasteiger partial charge in [0, 0.05) is 18.0 Å². The molecule has 19 heavy (non-hydrogen) atoms. The lowest BCUT2D eigenvalue weighted by Crippen LogP contribution is -1.98. The summed E-state index contributed by atoms with van der Waals surface area (Å²) in [7, 11) is 0. The van der Waals surface area contributed by atoms with E-state index in [0.717, 1.165) is 0 Å². The molecule has 0 bridgehead atoms. The van der Waals surface area contributed by atoms with Gasteiger partial charge in [0.25, 0.3) is 0 Å². The van der Waals surface area contributed by atoms with Gasteiger partial charge in [-0.05, 0) is 18.2 Å². The topological polar surface area (TPSA) is 85.7 Å². The Morgan fingerprint density at radius 2 is 2.11 bits per heavy atom. The third kappa shape index (κ3) is 2.28. The minimum Gasteiger partial charge on any atom is -0.504 e. The Hall–Kier alpha value is -2.76.